The lowest BCUT2D eigenvalue weighted by Gasteiger charge is -2.44. The minimum absolute atomic E-state index is 1.08. The summed E-state index contributed by atoms with van der Waals surface area (Å²) < 4.78 is 0. The van der Waals surface area contributed by atoms with Gasteiger partial charge in [0.25, 0.3) is 0 Å². The van der Waals surface area contributed by atoms with Crippen molar-refractivity contribution in [3.8, 4) is 0 Å². The molecule has 0 spiro atoms. The molecule has 0 bridgehead atoms. The minimum Gasteiger partial charge on any atom is -0.0667 e. The van der Waals surface area contributed by atoms with E-state index in [1.54, 1.807) is 19.3 Å². The van der Waals surface area contributed by atoms with Crippen LogP contribution in [0.2, 0.25) is 5.82 Å². The Bertz CT molecular complexity index is 107. The van der Waals surface area contributed by atoms with Crippen LogP contribution in [0.3, 0.4) is 0 Å². The molecule has 2 saturated carbocycles. The molecule has 50 valence electrons. The van der Waals surface area contributed by atoms with Crippen LogP contribution in [0, 0.1) is 11.8 Å². The molecule has 2 aliphatic carbocycles. The summed E-state index contributed by atoms with van der Waals surface area (Å²) in [6.07, 6.45) is 7.69. The van der Waals surface area contributed by atoms with Crippen molar-refractivity contribution in [1.29, 1.82) is 0 Å². The molecule has 0 N–H and O–H groups in total. The van der Waals surface area contributed by atoms with Crippen molar-refractivity contribution < 1.29 is 0 Å². The Morgan fingerprint density at radius 2 is 1.78 bits per heavy atom. The predicted molar refractivity (Wildman–Crippen MR) is 42.4 cm³/mol. The maximum Gasteiger partial charge on any atom is 0.105 e. The highest BCUT2D eigenvalue weighted by atomic mass is 14.4. The van der Waals surface area contributed by atoms with E-state index in [9.17, 15) is 0 Å². The number of hydrogen-bond donors (Lipinski definition) is 0. The lowest BCUT2D eigenvalue weighted by atomic mass is 9.54. The molecule has 0 amide bonds. The molecule has 1 unspecified atom stereocenters. The van der Waals surface area contributed by atoms with Crippen molar-refractivity contribution >= 4 is 7.85 Å². The van der Waals surface area contributed by atoms with Gasteiger partial charge in [-0.05, 0) is 11.8 Å². The third kappa shape index (κ3) is 0.816. The summed E-state index contributed by atoms with van der Waals surface area (Å²) in [7, 11) is 2.42. The highest BCUT2D eigenvalue weighted by Crippen LogP contribution is 2.49. The summed E-state index contributed by atoms with van der Waals surface area (Å²) in [5.74, 6) is 3.39. The second kappa shape index (κ2) is 2.03. The summed E-state index contributed by atoms with van der Waals surface area (Å²) in [5.41, 5.74) is 0. The summed E-state index contributed by atoms with van der Waals surface area (Å²) in [6, 6.07) is 0. The van der Waals surface area contributed by atoms with Crippen LogP contribution in [0.25, 0.3) is 0 Å². The fraction of sp³-hybridized carbons (Fsp3) is 1.00. The van der Waals surface area contributed by atoms with Crippen LogP contribution < -0.4 is 0 Å². The zero-order valence-electron chi connectivity index (χ0n) is 6.27. The molecule has 0 aromatic heterocycles. The van der Waals surface area contributed by atoms with E-state index in [0.717, 1.165) is 17.7 Å². The van der Waals surface area contributed by atoms with Gasteiger partial charge in [0.2, 0.25) is 0 Å². The lowest BCUT2D eigenvalue weighted by molar-refractivity contribution is 0.131. The van der Waals surface area contributed by atoms with E-state index in [-0.39, 0.29) is 0 Å². The summed E-state index contributed by atoms with van der Waals surface area (Å²) in [5, 5.41) is 0. The molecule has 0 aromatic carbocycles. The van der Waals surface area contributed by atoms with Gasteiger partial charge in [-0.3, -0.25) is 0 Å². The van der Waals surface area contributed by atoms with Gasteiger partial charge in [-0.2, -0.15) is 0 Å². The maximum atomic E-state index is 2.42. The molecule has 0 radical (unpaired) electrons. The van der Waals surface area contributed by atoms with E-state index >= 15 is 0 Å². The normalized spacial score (nSPS) is 43.6. The summed E-state index contributed by atoms with van der Waals surface area (Å²) in [6.45, 7) is 0. The van der Waals surface area contributed by atoms with Gasteiger partial charge in [0.1, 0.15) is 7.85 Å². The smallest absolute Gasteiger partial charge is 0.0667 e. The molecule has 2 aliphatic rings. The van der Waals surface area contributed by atoms with Gasteiger partial charge in [-0.25, -0.2) is 0 Å². The fourth-order valence-electron chi connectivity index (χ4n) is 2.26. The first-order valence-electron chi connectivity index (χ1n) is 4.38. The van der Waals surface area contributed by atoms with E-state index in [1.807, 2.05) is 0 Å². The summed E-state index contributed by atoms with van der Waals surface area (Å²) in [4.78, 5) is 0. The van der Waals surface area contributed by atoms with Crippen molar-refractivity contribution in [2.24, 2.45) is 11.8 Å². The van der Waals surface area contributed by atoms with Gasteiger partial charge in [0, 0.05) is 0 Å². The Kier molecular flexibility index (Phi) is 1.32. The van der Waals surface area contributed by atoms with Crippen LogP contribution in [0.15, 0.2) is 0 Å². The van der Waals surface area contributed by atoms with Gasteiger partial charge < -0.3 is 0 Å². The monoisotopic (exact) mass is 122 g/mol. The Labute approximate surface area is 58.4 Å². The average Bonchev–Trinajstić information content (AvgIpc) is 1.74. The zero-order chi connectivity index (χ0) is 6.27. The van der Waals surface area contributed by atoms with Gasteiger partial charge >= 0.3 is 0 Å². The highest BCUT2D eigenvalue weighted by molar-refractivity contribution is 6.12. The Balaban J connectivity index is 1.83. The maximum absolute atomic E-state index is 2.42. The minimum atomic E-state index is 1.08. The van der Waals surface area contributed by atoms with E-state index < -0.39 is 0 Å². The second-order valence-corrected chi connectivity index (χ2v) is 3.91. The third-order valence-electron chi connectivity index (χ3n) is 3.44. The molecule has 0 aromatic rings. The fourth-order valence-corrected chi connectivity index (χ4v) is 2.26. The quantitative estimate of drug-likeness (QED) is 0.463. The van der Waals surface area contributed by atoms with Gasteiger partial charge in [-0.15, -0.1) is 0 Å². The third-order valence-corrected chi connectivity index (χ3v) is 3.44. The van der Waals surface area contributed by atoms with Crippen molar-refractivity contribution in [2.45, 2.75) is 37.9 Å². The Morgan fingerprint density at radius 1 is 1.00 bits per heavy atom. The molecule has 2 fully saturated rings. The number of rotatable bonds is 1. The molecule has 0 nitrogen and oxygen atoms in total. The predicted octanol–water partition coefficient (Wildman–Crippen LogP) is 1.62. The molecule has 0 aliphatic heterocycles. The van der Waals surface area contributed by atoms with Crippen molar-refractivity contribution in [2.75, 3.05) is 0 Å². The zero-order valence-corrected chi connectivity index (χ0v) is 6.27. The van der Waals surface area contributed by atoms with E-state index in [4.69, 9.17) is 0 Å². The standard InChI is InChI=1S/C8H15B/c9-8-5-4-7(8)6-2-1-3-6/h6-8H,1-5,9H2/t7-,8?/m0/s1. The molecule has 1 heteroatoms. The van der Waals surface area contributed by atoms with Crippen LogP contribution >= 0.6 is 0 Å². The van der Waals surface area contributed by atoms with Gasteiger partial charge in [-0.1, -0.05) is 37.9 Å². The van der Waals surface area contributed by atoms with Crippen LogP contribution in [0.1, 0.15) is 32.1 Å². The molecule has 2 atom stereocenters. The number of hydrogen-bond acceptors (Lipinski definition) is 0. The molecule has 9 heavy (non-hydrogen) atoms. The average molecular weight is 122 g/mol. The first-order valence-corrected chi connectivity index (χ1v) is 4.38. The largest absolute Gasteiger partial charge is 0.105 e. The topological polar surface area (TPSA) is 0 Å². The van der Waals surface area contributed by atoms with Crippen LogP contribution in [0.4, 0.5) is 0 Å². The second-order valence-electron chi connectivity index (χ2n) is 3.91. The van der Waals surface area contributed by atoms with E-state index in [0.29, 0.717) is 0 Å². The highest BCUT2D eigenvalue weighted by Gasteiger charge is 2.36. The molecule has 0 saturated heterocycles. The van der Waals surface area contributed by atoms with Crippen molar-refractivity contribution in [1.82, 2.24) is 0 Å². The van der Waals surface area contributed by atoms with Crippen LogP contribution in [-0.2, 0) is 0 Å². The Hall–Kier alpha value is 0.0649. The van der Waals surface area contributed by atoms with Crippen molar-refractivity contribution in [3.63, 3.8) is 0 Å². The van der Waals surface area contributed by atoms with Gasteiger partial charge in [0.05, 0.1) is 0 Å². The van der Waals surface area contributed by atoms with Crippen LogP contribution in [-0.4, -0.2) is 7.85 Å². The van der Waals surface area contributed by atoms with Crippen molar-refractivity contribution in [3.05, 3.63) is 0 Å². The lowest BCUT2D eigenvalue weighted by Crippen LogP contribution is -2.32. The SMILES string of the molecule is BC1CC[C@H]1C1CCC1. The van der Waals surface area contributed by atoms with Crippen LogP contribution in [0.5, 0.6) is 0 Å². The molecule has 2 rings (SSSR count). The molecule has 0 heterocycles. The molecular weight excluding hydrogens is 107 g/mol. The first kappa shape index (κ1) is 5.82. The Morgan fingerprint density at radius 3 is 1.89 bits per heavy atom. The van der Waals surface area contributed by atoms with Gasteiger partial charge in [0.15, 0.2) is 0 Å². The molecular formula is C8H15B. The summed E-state index contributed by atoms with van der Waals surface area (Å²) >= 11 is 0. The van der Waals surface area contributed by atoms with E-state index in [2.05, 4.69) is 7.85 Å². The van der Waals surface area contributed by atoms with E-state index in [1.165, 1.54) is 12.8 Å². The first-order chi connectivity index (χ1) is 4.38.